The minimum absolute atomic E-state index is 0.0959. The van der Waals surface area contributed by atoms with E-state index in [2.05, 4.69) is 29.3 Å². The van der Waals surface area contributed by atoms with E-state index in [1.165, 1.54) is 0 Å². The average Bonchev–Trinajstić information content (AvgIpc) is 2.93. The number of methoxy groups -OCH3 is 1. The number of nitrogens with one attached hydrogen (secondary N) is 1. The van der Waals surface area contributed by atoms with Gasteiger partial charge in [-0.3, -0.25) is 0 Å². The Bertz CT molecular complexity index is 598. The number of aliphatic hydroxyl groups excluding tert-OH is 1. The third kappa shape index (κ3) is 4.05. The first-order valence-electron chi connectivity index (χ1n) is 7.37. The number of nitrogens with zero attached hydrogens (tertiary/aromatic N) is 2. The van der Waals surface area contributed by atoms with Crippen molar-refractivity contribution in [2.45, 2.75) is 32.9 Å². The molecule has 120 valence electrons. The highest BCUT2D eigenvalue weighted by Gasteiger charge is 2.22. The van der Waals surface area contributed by atoms with Crippen LogP contribution in [0.2, 0.25) is 0 Å². The lowest BCUT2D eigenvalue weighted by molar-refractivity contribution is 0.160. The van der Waals surface area contributed by atoms with Crippen molar-refractivity contribution in [3.63, 3.8) is 0 Å². The zero-order valence-electron chi connectivity index (χ0n) is 13.4. The van der Waals surface area contributed by atoms with Crippen molar-refractivity contribution >= 4 is 0 Å². The number of aromatic nitrogens is 2. The molecular formula is C16H23N3O3. The molecule has 1 heterocycles. The van der Waals surface area contributed by atoms with Crippen molar-refractivity contribution in [1.82, 2.24) is 15.5 Å². The molecule has 6 nitrogen and oxygen atoms in total. The van der Waals surface area contributed by atoms with Crippen LogP contribution < -0.4 is 10.1 Å². The van der Waals surface area contributed by atoms with E-state index in [-0.39, 0.29) is 12.0 Å². The fourth-order valence-corrected chi connectivity index (χ4v) is 2.25. The first-order chi connectivity index (χ1) is 10.5. The van der Waals surface area contributed by atoms with Gasteiger partial charge in [-0.25, -0.2) is 0 Å². The molecule has 0 saturated carbocycles. The number of hydrogen-bond acceptors (Lipinski definition) is 6. The van der Waals surface area contributed by atoms with Gasteiger partial charge in [-0.15, -0.1) is 0 Å². The van der Waals surface area contributed by atoms with E-state index in [0.29, 0.717) is 18.3 Å². The van der Waals surface area contributed by atoms with Gasteiger partial charge in [0.2, 0.25) is 5.89 Å². The summed E-state index contributed by atoms with van der Waals surface area (Å²) in [5, 5.41) is 17.5. The number of hydrogen-bond donors (Lipinski definition) is 2. The van der Waals surface area contributed by atoms with Gasteiger partial charge in [0, 0.05) is 6.54 Å². The number of aryl methyl sites for hydroxylation is 1. The molecule has 0 aliphatic rings. The van der Waals surface area contributed by atoms with Crippen molar-refractivity contribution in [3.05, 3.63) is 41.5 Å². The second-order valence-electron chi connectivity index (χ2n) is 5.60. The molecule has 2 N–H and O–H groups in total. The van der Waals surface area contributed by atoms with Gasteiger partial charge in [0.15, 0.2) is 5.82 Å². The SMILES string of the molecule is COc1cccc(C(O)CNC(c2nc(C)no2)C(C)C)c1. The van der Waals surface area contributed by atoms with Crippen molar-refractivity contribution in [3.8, 4) is 5.75 Å². The van der Waals surface area contributed by atoms with E-state index < -0.39 is 6.10 Å². The molecule has 0 aliphatic heterocycles. The third-order valence-electron chi connectivity index (χ3n) is 3.49. The molecule has 0 aliphatic carbocycles. The van der Waals surface area contributed by atoms with E-state index in [1.54, 1.807) is 14.0 Å². The molecule has 1 aromatic carbocycles. The summed E-state index contributed by atoms with van der Waals surface area (Å²) in [6.45, 7) is 6.30. The Balaban J connectivity index is 2.02. The number of aliphatic hydroxyl groups is 1. The molecule has 2 rings (SSSR count). The zero-order chi connectivity index (χ0) is 16.1. The normalized spacial score (nSPS) is 14.1. The zero-order valence-corrected chi connectivity index (χ0v) is 13.4. The van der Waals surface area contributed by atoms with Gasteiger partial charge in [-0.1, -0.05) is 31.1 Å². The predicted octanol–water partition coefficient (Wildman–Crippen LogP) is 2.41. The van der Waals surface area contributed by atoms with E-state index in [9.17, 15) is 5.11 Å². The average molecular weight is 305 g/mol. The van der Waals surface area contributed by atoms with E-state index in [0.717, 1.165) is 11.3 Å². The molecule has 0 radical (unpaired) electrons. The maximum absolute atomic E-state index is 10.3. The summed E-state index contributed by atoms with van der Waals surface area (Å²) in [5.41, 5.74) is 0.802. The van der Waals surface area contributed by atoms with Crippen LogP contribution in [0.1, 0.15) is 43.3 Å². The number of ether oxygens (including phenoxy) is 1. The van der Waals surface area contributed by atoms with E-state index in [1.807, 2.05) is 24.3 Å². The number of benzene rings is 1. The molecule has 0 spiro atoms. The van der Waals surface area contributed by atoms with Gasteiger partial charge in [0.25, 0.3) is 0 Å². The smallest absolute Gasteiger partial charge is 0.244 e. The summed E-state index contributed by atoms with van der Waals surface area (Å²) in [6, 6.07) is 7.31. The first kappa shape index (κ1) is 16.5. The van der Waals surface area contributed by atoms with Gasteiger partial charge in [0.05, 0.1) is 19.3 Å². The van der Waals surface area contributed by atoms with E-state index >= 15 is 0 Å². The molecule has 22 heavy (non-hydrogen) atoms. The summed E-state index contributed by atoms with van der Waals surface area (Å²) in [4.78, 5) is 4.27. The van der Waals surface area contributed by atoms with Gasteiger partial charge in [0.1, 0.15) is 5.75 Å². The van der Waals surface area contributed by atoms with E-state index in [4.69, 9.17) is 9.26 Å². The molecule has 2 unspecified atom stereocenters. The Labute approximate surface area is 130 Å². The highest BCUT2D eigenvalue weighted by molar-refractivity contribution is 5.29. The van der Waals surface area contributed by atoms with Gasteiger partial charge >= 0.3 is 0 Å². The molecule has 2 aromatic rings. The van der Waals surface area contributed by atoms with Crippen LogP contribution in [0.25, 0.3) is 0 Å². The third-order valence-corrected chi connectivity index (χ3v) is 3.49. The van der Waals surface area contributed by atoms with Crippen molar-refractivity contribution in [1.29, 1.82) is 0 Å². The fourth-order valence-electron chi connectivity index (χ4n) is 2.25. The Morgan fingerprint density at radius 2 is 2.14 bits per heavy atom. The minimum Gasteiger partial charge on any atom is -0.497 e. The van der Waals surface area contributed by atoms with Crippen LogP contribution >= 0.6 is 0 Å². The molecule has 6 heteroatoms. The summed E-state index contributed by atoms with van der Waals surface area (Å²) in [5.74, 6) is 2.14. The lowest BCUT2D eigenvalue weighted by Gasteiger charge is -2.21. The molecule has 0 amide bonds. The predicted molar refractivity (Wildman–Crippen MR) is 82.6 cm³/mol. The second-order valence-corrected chi connectivity index (χ2v) is 5.60. The minimum atomic E-state index is -0.639. The molecule has 0 bridgehead atoms. The fraction of sp³-hybridized carbons (Fsp3) is 0.500. The lowest BCUT2D eigenvalue weighted by Crippen LogP contribution is -2.30. The van der Waals surface area contributed by atoms with Crippen molar-refractivity contribution < 1.29 is 14.4 Å². The Morgan fingerprint density at radius 1 is 1.36 bits per heavy atom. The van der Waals surface area contributed by atoms with Crippen LogP contribution in [0, 0.1) is 12.8 Å². The highest BCUT2D eigenvalue weighted by Crippen LogP contribution is 2.23. The maximum Gasteiger partial charge on any atom is 0.244 e. The Hall–Kier alpha value is -1.92. The molecule has 0 saturated heterocycles. The summed E-state index contributed by atoms with van der Waals surface area (Å²) in [7, 11) is 1.61. The largest absolute Gasteiger partial charge is 0.497 e. The summed E-state index contributed by atoms with van der Waals surface area (Å²) < 4.78 is 10.4. The van der Waals surface area contributed by atoms with Crippen LogP contribution in [-0.4, -0.2) is 28.9 Å². The van der Waals surface area contributed by atoms with Crippen LogP contribution in [0.4, 0.5) is 0 Å². The number of rotatable bonds is 7. The van der Waals surface area contributed by atoms with Crippen LogP contribution in [-0.2, 0) is 0 Å². The standard InChI is InChI=1S/C16H23N3O3/c1-10(2)15(16-18-11(3)19-22-16)17-9-14(20)12-6-5-7-13(8-12)21-4/h5-8,10,14-15,17,20H,9H2,1-4H3. The highest BCUT2D eigenvalue weighted by atomic mass is 16.5. The van der Waals surface area contributed by atoms with Crippen LogP contribution in [0.15, 0.2) is 28.8 Å². The van der Waals surface area contributed by atoms with Gasteiger partial charge in [-0.05, 0) is 30.5 Å². The molecule has 2 atom stereocenters. The Morgan fingerprint density at radius 3 is 2.73 bits per heavy atom. The maximum atomic E-state index is 10.3. The topological polar surface area (TPSA) is 80.4 Å². The molecular weight excluding hydrogens is 282 g/mol. The monoisotopic (exact) mass is 305 g/mol. The Kier molecular flexibility index (Phi) is 5.51. The van der Waals surface area contributed by atoms with Gasteiger partial charge in [-0.2, -0.15) is 4.98 Å². The van der Waals surface area contributed by atoms with Crippen molar-refractivity contribution in [2.75, 3.05) is 13.7 Å². The second kappa shape index (κ2) is 7.38. The van der Waals surface area contributed by atoms with Crippen molar-refractivity contribution in [2.24, 2.45) is 5.92 Å². The summed E-state index contributed by atoms with van der Waals surface area (Å²) in [6.07, 6.45) is -0.639. The van der Waals surface area contributed by atoms with Crippen LogP contribution in [0.3, 0.4) is 0 Å². The summed E-state index contributed by atoms with van der Waals surface area (Å²) >= 11 is 0. The van der Waals surface area contributed by atoms with Crippen LogP contribution in [0.5, 0.6) is 5.75 Å². The molecule has 0 fully saturated rings. The van der Waals surface area contributed by atoms with Gasteiger partial charge < -0.3 is 19.7 Å². The molecule has 1 aromatic heterocycles. The lowest BCUT2D eigenvalue weighted by atomic mass is 10.0. The first-order valence-corrected chi connectivity index (χ1v) is 7.37. The quantitative estimate of drug-likeness (QED) is 0.817.